The van der Waals surface area contributed by atoms with E-state index in [1.807, 2.05) is 18.4 Å². The van der Waals surface area contributed by atoms with Crippen molar-refractivity contribution >= 4 is 17.8 Å². The third-order valence-electron chi connectivity index (χ3n) is 3.00. The first kappa shape index (κ1) is 12.8. The molecule has 1 atom stereocenters. The van der Waals surface area contributed by atoms with Crippen LogP contribution in [0.2, 0.25) is 0 Å². The second-order valence-corrected chi connectivity index (χ2v) is 5.01. The van der Waals surface area contributed by atoms with Gasteiger partial charge in [-0.3, -0.25) is 0 Å². The maximum atomic E-state index is 11.7. The molecule has 1 aromatic carbocycles. The molecule has 0 aromatic heterocycles. The van der Waals surface area contributed by atoms with Gasteiger partial charge in [0.15, 0.2) is 0 Å². The lowest BCUT2D eigenvalue weighted by molar-refractivity contribution is 0.218. The summed E-state index contributed by atoms with van der Waals surface area (Å²) < 4.78 is 0. The van der Waals surface area contributed by atoms with E-state index < -0.39 is 0 Å². The third kappa shape index (κ3) is 2.77. The van der Waals surface area contributed by atoms with Gasteiger partial charge in [0.25, 0.3) is 0 Å². The van der Waals surface area contributed by atoms with Crippen molar-refractivity contribution in [3.63, 3.8) is 0 Å². The van der Waals surface area contributed by atoms with Crippen molar-refractivity contribution in [2.75, 3.05) is 19.3 Å². The van der Waals surface area contributed by atoms with Gasteiger partial charge in [0.2, 0.25) is 0 Å². The van der Waals surface area contributed by atoms with Gasteiger partial charge in [0, 0.05) is 18.0 Å². The lowest BCUT2D eigenvalue weighted by Crippen LogP contribution is -2.28. The van der Waals surface area contributed by atoms with E-state index in [1.165, 1.54) is 4.90 Å². The lowest BCUT2D eigenvalue weighted by Gasteiger charge is -2.12. The Balaban J connectivity index is 2.02. The number of hydrogen-bond donors (Lipinski definition) is 1. The number of nitriles is 1. The van der Waals surface area contributed by atoms with Crippen molar-refractivity contribution in [1.82, 2.24) is 10.2 Å². The summed E-state index contributed by atoms with van der Waals surface area (Å²) in [6.45, 7) is 1.14. The van der Waals surface area contributed by atoms with E-state index in [-0.39, 0.29) is 12.1 Å². The monoisotopic (exact) mass is 261 g/mol. The Morgan fingerprint density at radius 2 is 2.22 bits per heavy atom. The lowest BCUT2D eigenvalue weighted by atomic mass is 10.1. The van der Waals surface area contributed by atoms with Gasteiger partial charge >= 0.3 is 6.03 Å². The molecule has 1 aliphatic heterocycles. The Labute approximate surface area is 111 Å². The smallest absolute Gasteiger partial charge is 0.318 e. The minimum atomic E-state index is -0.0795. The van der Waals surface area contributed by atoms with Crippen LogP contribution in [0.5, 0.6) is 0 Å². The standard InChI is InChI=1S/C13H15N3OS/c1-18-11-5-3-10(4-6-11)12-9-16(8-2-7-14)13(17)15-12/h3-6,12H,2,8-9H2,1H3,(H,15,17). The summed E-state index contributed by atoms with van der Waals surface area (Å²) in [7, 11) is 0. The molecule has 1 heterocycles. The molecule has 0 aliphatic carbocycles. The SMILES string of the molecule is CSc1ccc(C2CN(CCC#N)C(=O)N2)cc1. The quantitative estimate of drug-likeness (QED) is 0.847. The Kier molecular flexibility index (Phi) is 4.11. The van der Waals surface area contributed by atoms with Crippen LogP contribution in [0.25, 0.3) is 0 Å². The van der Waals surface area contributed by atoms with E-state index in [0.29, 0.717) is 19.5 Å². The zero-order chi connectivity index (χ0) is 13.0. The average Bonchev–Trinajstić information content (AvgIpc) is 2.78. The molecule has 2 rings (SSSR count). The van der Waals surface area contributed by atoms with Gasteiger partial charge in [-0.2, -0.15) is 5.26 Å². The molecule has 1 aliphatic rings. The van der Waals surface area contributed by atoms with Gasteiger partial charge in [-0.15, -0.1) is 11.8 Å². The number of benzene rings is 1. The highest BCUT2D eigenvalue weighted by Crippen LogP contribution is 2.23. The predicted molar refractivity (Wildman–Crippen MR) is 71.3 cm³/mol. The molecule has 0 saturated carbocycles. The fraction of sp³-hybridized carbons (Fsp3) is 0.385. The average molecular weight is 261 g/mol. The van der Waals surface area contributed by atoms with Crippen molar-refractivity contribution in [3.05, 3.63) is 29.8 Å². The fourth-order valence-corrected chi connectivity index (χ4v) is 2.40. The van der Waals surface area contributed by atoms with Gasteiger partial charge in [0.05, 0.1) is 18.5 Å². The molecule has 1 aromatic rings. The number of carbonyl (C=O) groups is 1. The molecule has 2 amide bonds. The van der Waals surface area contributed by atoms with E-state index in [2.05, 4.69) is 23.5 Å². The first-order chi connectivity index (χ1) is 8.74. The normalized spacial score (nSPS) is 18.6. The molecule has 1 unspecified atom stereocenters. The highest BCUT2D eigenvalue weighted by atomic mass is 32.2. The molecule has 1 N–H and O–H groups in total. The summed E-state index contributed by atoms with van der Waals surface area (Å²) in [4.78, 5) is 14.6. The molecule has 1 fully saturated rings. The summed E-state index contributed by atoms with van der Waals surface area (Å²) in [6.07, 6.45) is 2.42. The minimum absolute atomic E-state index is 0.0344. The van der Waals surface area contributed by atoms with Crippen LogP contribution in [-0.4, -0.2) is 30.3 Å². The van der Waals surface area contributed by atoms with Crippen LogP contribution in [0.1, 0.15) is 18.0 Å². The largest absolute Gasteiger partial charge is 0.329 e. The predicted octanol–water partition coefficient (Wildman–Crippen LogP) is 2.39. The maximum absolute atomic E-state index is 11.7. The summed E-state index contributed by atoms with van der Waals surface area (Å²) in [5.74, 6) is 0. The maximum Gasteiger partial charge on any atom is 0.318 e. The van der Waals surface area contributed by atoms with Gasteiger partial charge < -0.3 is 10.2 Å². The van der Waals surface area contributed by atoms with E-state index in [0.717, 1.165) is 5.56 Å². The summed E-state index contributed by atoms with van der Waals surface area (Å²) >= 11 is 1.70. The third-order valence-corrected chi connectivity index (χ3v) is 3.74. The molecule has 0 bridgehead atoms. The highest BCUT2D eigenvalue weighted by molar-refractivity contribution is 7.98. The summed E-state index contributed by atoms with van der Waals surface area (Å²) in [5.41, 5.74) is 1.11. The zero-order valence-electron chi connectivity index (χ0n) is 10.2. The molecule has 5 heteroatoms. The van der Waals surface area contributed by atoms with Gasteiger partial charge in [-0.25, -0.2) is 4.79 Å². The Hall–Kier alpha value is -1.67. The van der Waals surface area contributed by atoms with E-state index in [1.54, 1.807) is 16.7 Å². The van der Waals surface area contributed by atoms with Crippen LogP contribution in [0.3, 0.4) is 0 Å². The number of amides is 2. The zero-order valence-corrected chi connectivity index (χ0v) is 11.0. The van der Waals surface area contributed by atoms with E-state index in [9.17, 15) is 4.79 Å². The first-order valence-electron chi connectivity index (χ1n) is 5.81. The van der Waals surface area contributed by atoms with Crippen molar-refractivity contribution in [2.24, 2.45) is 0 Å². The van der Waals surface area contributed by atoms with Gasteiger partial charge in [-0.05, 0) is 24.0 Å². The summed E-state index contributed by atoms with van der Waals surface area (Å²) in [5, 5.41) is 11.5. The number of carbonyl (C=O) groups excluding carboxylic acids is 1. The van der Waals surface area contributed by atoms with Crippen LogP contribution in [0, 0.1) is 11.3 Å². The Morgan fingerprint density at radius 3 is 2.83 bits per heavy atom. The van der Waals surface area contributed by atoms with E-state index in [4.69, 9.17) is 5.26 Å². The Morgan fingerprint density at radius 1 is 1.50 bits per heavy atom. The second kappa shape index (κ2) is 5.78. The topological polar surface area (TPSA) is 56.1 Å². The fourth-order valence-electron chi connectivity index (χ4n) is 1.99. The molecule has 18 heavy (non-hydrogen) atoms. The number of urea groups is 1. The minimum Gasteiger partial charge on any atom is -0.329 e. The van der Waals surface area contributed by atoms with Crippen LogP contribution in [0.15, 0.2) is 29.2 Å². The van der Waals surface area contributed by atoms with Crippen LogP contribution in [-0.2, 0) is 0 Å². The van der Waals surface area contributed by atoms with Crippen molar-refractivity contribution in [3.8, 4) is 6.07 Å². The van der Waals surface area contributed by atoms with Crippen molar-refractivity contribution < 1.29 is 4.79 Å². The molecule has 4 nitrogen and oxygen atoms in total. The Bertz CT molecular complexity index is 466. The van der Waals surface area contributed by atoms with Crippen molar-refractivity contribution in [1.29, 1.82) is 5.26 Å². The molecular weight excluding hydrogens is 246 g/mol. The second-order valence-electron chi connectivity index (χ2n) is 4.13. The number of hydrogen-bond acceptors (Lipinski definition) is 3. The number of nitrogens with zero attached hydrogens (tertiary/aromatic N) is 2. The van der Waals surface area contributed by atoms with Crippen LogP contribution < -0.4 is 5.32 Å². The molecule has 0 spiro atoms. The van der Waals surface area contributed by atoms with Gasteiger partial charge in [0.1, 0.15) is 0 Å². The van der Waals surface area contributed by atoms with E-state index >= 15 is 0 Å². The summed E-state index contributed by atoms with van der Waals surface area (Å²) in [6, 6.07) is 10.2. The number of nitrogens with one attached hydrogen (secondary N) is 1. The van der Waals surface area contributed by atoms with Gasteiger partial charge in [-0.1, -0.05) is 12.1 Å². The molecule has 1 saturated heterocycles. The van der Waals surface area contributed by atoms with Crippen molar-refractivity contribution in [2.45, 2.75) is 17.4 Å². The van der Waals surface area contributed by atoms with Crippen LogP contribution >= 0.6 is 11.8 Å². The molecule has 0 radical (unpaired) electrons. The van der Waals surface area contributed by atoms with Crippen LogP contribution in [0.4, 0.5) is 4.79 Å². The first-order valence-corrected chi connectivity index (χ1v) is 7.03. The molecule has 94 valence electrons. The number of rotatable bonds is 4. The highest BCUT2D eigenvalue weighted by Gasteiger charge is 2.28. The number of thioether (sulfide) groups is 1. The molecular formula is C13H15N3OS.